The second kappa shape index (κ2) is 5.55. The largest absolute Gasteiger partial charge is 0.370 e. The fraction of sp³-hybridized carbons (Fsp3) is 0.714. The zero-order valence-electron chi connectivity index (χ0n) is 12.7. The van der Waals surface area contributed by atoms with Gasteiger partial charge in [0.1, 0.15) is 17.5 Å². The highest BCUT2D eigenvalue weighted by molar-refractivity contribution is 5.57. The fourth-order valence-electron chi connectivity index (χ4n) is 1.61. The van der Waals surface area contributed by atoms with Crippen LogP contribution in [0.3, 0.4) is 0 Å². The highest BCUT2D eigenvalue weighted by Crippen LogP contribution is 2.26. The summed E-state index contributed by atoms with van der Waals surface area (Å²) in [6.07, 6.45) is 0. The van der Waals surface area contributed by atoms with Crippen molar-refractivity contribution in [2.45, 2.75) is 59.9 Å². The minimum Gasteiger partial charge on any atom is -0.370 e. The molecule has 0 atom stereocenters. The Hall–Kier alpha value is -1.32. The molecule has 2 N–H and O–H groups in total. The van der Waals surface area contributed by atoms with E-state index in [0.29, 0.717) is 6.04 Å². The molecule has 4 nitrogen and oxygen atoms in total. The molecular formula is C14H26N4. The Morgan fingerprint density at radius 3 is 2.11 bits per heavy atom. The Morgan fingerprint density at radius 2 is 1.67 bits per heavy atom. The summed E-state index contributed by atoms with van der Waals surface area (Å²) >= 11 is 0. The monoisotopic (exact) mass is 250 g/mol. The first-order valence-corrected chi connectivity index (χ1v) is 6.65. The number of nitrogens with one attached hydrogen (secondary N) is 2. The van der Waals surface area contributed by atoms with Gasteiger partial charge < -0.3 is 10.6 Å². The van der Waals surface area contributed by atoms with E-state index in [2.05, 4.69) is 69.1 Å². The molecule has 0 saturated carbocycles. The lowest BCUT2D eigenvalue weighted by molar-refractivity contribution is 0.545. The zero-order chi connectivity index (χ0) is 13.9. The molecule has 18 heavy (non-hydrogen) atoms. The molecule has 0 amide bonds. The summed E-state index contributed by atoms with van der Waals surface area (Å²) in [6, 6.07) is 0.362. The van der Waals surface area contributed by atoms with Gasteiger partial charge in [-0.05, 0) is 27.7 Å². The molecule has 1 aromatic rings. The van der Waals surface area contributed by atoms with Crippen LogP contribution in [0.25, 0.3) is 0 Å². The maximum absolute atomic E-state index is 4.66. The van der Waals surface area contributed by atoms with Crippen molar-refractivity contribution in [3.05, 3.63) is 11.4 Å². The van der Waals surface area contributed by atoms with Gasteiger partial charge in [0.2, 0.25) is 0 Å². The minimum atomic E-state index is -0.0503. The third-order valence-corrected chi connectivity index (χ3v) is 2.59. The van der Waals surface area contributed by atoms with E-state index in [4.69, 9.17) is 0 Å². The lowest BCUT2D eigenvalue weighted by Gasteiger charge is -2.22. The highest BCUT2D eigenvalue weighted by Gasteiger charge is 2.21. The molecular weight excluding hydrogens is 224 g/mol. The molecule has 1 aromatic heterocycles. The fourth-order valence-corrected chi connectivity index (χ4v) is 1.61. The summed E-state index contributed by atoms with van der Waals surface area (Å²) < 4.78 is 0. The van der Waals surface area contributed by atoms with E-state index >= 15 is 0 Å². The van der Waals surface area contributed by atoms with Gasteiger partial charge in [0.15, 0.2) is 0 Å². The van der Waals surface area contributed by atoms with E-state index in [0.717, 1.165) is 29.6 Å². The average Bonchev–Trinajstić information content (AvgIpc) is 2.21. The molecule has 0 radical (unpaired) electrons. The van der Waals surface area contributed by atoms with Crippen LogP contribution in [0.15, 0.2) is 0 Å². The summed E-state index contributed by atoms with van der Waals surface area (Å²) in [5, 5.41) is 6.70. The number of hydrogen-bond acceptors (Lipinski definition) is 4. The quantitative estimate of drug-likeness (QED) is 0.860. The predicted octanol–water partition coefficient (Wildman–Crippen LogP) is 3.33. The van der Waals surface area contributed by atoms with Crippen molar-refractivity contribution in [3.63, 3.8) is 0 Å². The summed E-state index contributed by atoms with van der Waals surface area (Å²) in [6.45, 7) is 15.6. The van der Waals surface area contributed by atoms with Crippen molar-refractivity contribution in [3.8, 4) is 0 Å². The van der Waals surface area contributed by atoms with Gasteiger partial charge in [-0.15, -0.1) is 0 Å². The molecule has 0 aliphatic heterocycles. The van der Waals surface area contributed by atoms with Crippen LogP contribution in [0, 0.1) is 6.92 Å². The van der Waals surface area contributed by atoms with Crippen molar-refractivity contribution < 1.29 is 0 Å². The topological polar surface area (TPSA) is 49.8 Å². The number of rotatable bonds is 4. The van der Waals surface area contributed by atoms with Crippen molar-refractivity contribution >= 4 is 11.6 Å². The van der Waals surface area contributed by atoms with Crippen LogP contribution in [-0.2, 0) is 5.41 Å². The van der Waals surface area contributed by atoms with E-state index in [-0.39, 0.29) is 5.41 Å². The molecule has 0 fully saturated rings. The summed E-state index contributed by atoms with van der Waals surface area (Å²) in [4.78, 5) is 9.30. The van der Waals surface area contributed by atoms with Gasteiger partial charge >= 0.3 is 0 Å². The van der Waals surface area contributed by atoms with Crippen LogP contribution in [0.2, 0.25) is 0 Å². The van der Waals surface area contributed by atoms with Crippen molar-refractivity contribution in [1.82, 2.24) is 9.97 Å². The number of nitrogens with zero attached hydrogens (tertiary/aromatic N) is 2. The summed E-state index contributed by atoms with van der Waals surface area (Å²) in [5.74, 6) is 2.73. The first-order valence-electron chi connectivity index (χ1n) is 6.65. The molecule has 0 unspecified atom stereocenters. The SMILES string of the molecule is CCNc1nc(C(C)(C)C)nc(NC(C)C)c1C. The first-order chi connectivity index (χ1) is 8.25. The second-order valence-corrected chi connectivity index (χ2v) is 5.95. The van der Waals surface area contributed by atoms with E-state index < -0.39 is 0 Å². The normalized spacial score (nSPS) is 11.8. The average molecular weight is 250 g/mol. The molecule has 0 spiro atoms. The van der Waals surface area contributed by atoms with Crippen LogP contribution in [-0.4, -0.2) is 22.6 Å². The molecule has 1 rings (SSSR count). The molecule has 0 aliphatic carbocycles. The van der Waals surface area contributed by atoms with Gasteiger partial charge in [-0.2, -0.15) is 0 Å². The molecule has 0 aliphatic rings. The van der Waals surface area contributed by atoms with Crippen molar-refractivity contribution in [2.24, 2.45) is 0 Å². The zero-order valence-corrected chi connectivity index (χ0v) is 12.7. The maximum atomic E-state index is 4.66. The number of aromatic nitrogens is 2. The smallest absolute Gasteiger partial charge is 0.138 e. The minimum absolute atomic E-state index is 0.0503. The van der Waals surface area contributed by atoms with Crippen molar-refractivity contribution in [1.29, 1.82) is 0 Å². The Bertz CT molecular complexity index is 405. The van der Waals surface area contributed by atoms with Crippen molar-refractivity contribution in [2.75, 3.05) is 17.2 Å². The van der Waals surface area contributed by atoms with Crippen LogP contribution in [0.1, 0.15) is 52.9 Å². The summed E-state index contributed by atoms with van der Waals surface area (Å²) in [5.41, 5.74) is 1.03. The van der Waals surface area contributed by atoms with Gasteiger partial charge in [-0.25, -0.2) is 9.97 Å². The number of anilines is 2. The Labute approximate surface area is 111 Å². The summed E-state index contributed by atoms with van der Waals surface area (Å²) in [7, 11) is 0. The molecule has 102 valence electrons. The Balaban J connectivity index is 3.27. The Morgan fingerprint density at radius 1 is 1.11 bits per heavy atom. The maximum Gasteiger partial charge on any atom is 0.138 e. The van der Waals surface area contributed by atoms with E-state index in [1.54, 1.807) is 0 Å². The van der Waals surface area contributed by atoms with Gasteiger partial charge in [0.25, 0.3) is 0 Å². The second-order valence-electron chi connectivity index (χ2n) is 5.95. The molecule has 4 heteroatoms. The van der Waals surface area contributed by atoms with Crippen LogP contribution < -0.4 is 10.6 Å². The van der Waals surface area contributed by atoms with Gasteiger partial charge in [0, 0.05) is 23.6 Å². The van der Waals surface area contributed by atoms with E-state index in [1.807, 2.05) is 0 Å². The lowest BCUT2D eigenvalue weighted by Crippen LogP contribution is -2.21. The van der Waals surface area contributed by atoms with Crippen LogP contribution in [0.4, 0.5) is 11.6 Å². The molecule has 0 aromatic carbocycles. The van der Waals surface area contributed by atoms with E-state index in [1.165, 1.54) is 0 Å². The first kappa shape index (κ1) is 14.7. The van der Waals surface area contributed by atoms with Gasteiger partial charge in [0.05, 0.1) is 0 Å². The van der Waals surface area contributed by atoms with Crippen LogP contribution in [0.5, 0.6) is 0 Å². The Kier molecular flexibility index (Phi) is 4.54. The molecule has 1 heterocycles. The third kappa shape index (κ3) is 3.59. The van der Waals surface area contributed by atoms with Gasteiger partial charge in [-0.3, -0.25) is 0 Å². The highest BCUT2D eigenvalue weighted by atomic mass is 15.1. The third-order valence-electron chi connectivity index (χ3n) is 2.59. The van der Waals surface area contributed by atoms with Gasteiger partial charge in [-0.1, -0.05) is 20.8 Å². The molecule has 0 bridgehead atoms. The molecule has 0 saturated heterocycles. The van der Waals surface area contributed by atoms with Crippen LogP contribution >= 0.6 is 0 Å². The lowest BCUT2D eigenvalue weighted by atomic mass is 9.95. The predicted molar refractivity (Wildman–Crippen MR) is 78.4 cm³/mol. The number of hydrogen-bond donors (Lipinski definition) is 2. The van der Waals surface area contributed by atoms with E-state index in [9.17, 15) is 0 Å². The standard InChI is InChI=1S/C14H26N4/c1-8-15-11-10(4)12(16-9(2)3)18-13(17-11)14(5,6)7/h9H,8H2,1-7H3,(H2,15,16,17,18).